The number of hydrogen-bond donors (Lipinski definition) is 0. The van der Waals surface area contributed by atoms with Crippen LogP contribution in [0.5, 0.6) is 5.88 Å². The smallest absolute Gasteiger partial charge is 0.255 e. The van der Waals surface area contributed by atoms with Crippen LogP contribution in [0, 0.1) is 5.92 Å². The average molecular weight is 292 g/mol. The van der Waals surface area contributed by atoms with Gasteiger partial charge >= 0.3 is 0 Å². The van der Waals surface area contributed by atoms with Crippen molar-refractivity contribution >= 4 is 17.7 Å². The Hall–Kier alpha value is -1.23. The van der Waals surface area contributed by atoms with E-state index in [1.165, 1.54) is 0 Å². The van der Waals surface area contributed by atoms with Crippen LogP contribution in [-0.2, 0) is 0 Å². The zero-order chi connectivity index (χ0) is 14.1. The van der Waals surface area contributed by atoms with E-state index >= 15 is 0 Å². The topological polar surface area (TPSA) is 42.4 Å². The average Bonchev–Trinajstić information content (AvgIpc) is 3.07. The summed E-state index contributed by atoms with van der Waals surface area (Å²) in [7, 11) is 0. The molecule has 0 N–H and O–H groups in total. The quantitative estimate of drug-likeness (QED) is 0.855. The van der Waals surface area contributed by atoms with Gasteiger partial charge in [0.2, 0.25) is 5.88 Å². The van der Waals surface area contributed by atoms with Gasteiger partial charge in [0.05, 0.1) is 12.2 Å². The predicted octanol–water partition coefficient (Wildman–Crippen LogP) is 2.45. The van der Waals surface area contributed by atoms with Crippen molar-refractivity contribution in [2.45, 2.75) is 31.6 Å². The highest BCUT2D eigenvalue weighted by molar-refractivity contribution is 8.00. The second-order valence-electron chi connectivity index (χ2n) is 5.89. The van der Waals surface area contributed by atoms with Gasteiger partial charge in [0.1, 0.15) is 0 Å². The molecule has 5 heteroatoms. The molecule has 2 aliphatic heterocycles. The highest BCUT2D eigenvalue weighted by Gasteiger charge is 2.41. The van der Waals surface area contributed by atoms with Gasteiger partial charge in [-0.2, -0.15) is 11.8 Å². The number of likely N-dealkylation sites (tertiary alicyclic amines) is 1. The standard InChI is InChI=1S/C15H20N2O2S/c1-10(2)8-19-14-4-3-11(6-16-14)15(18)17-7-13-5-12(17)9-20-13/h3-4,6,10,12-13H,5,7-9H2,1-2H3. The summed E-state index contributed by atoms with van der Waals surface area (Å²) < 4.78 is 5.54. The summed E-state index contributed by atoms with van der Waals surface area (Å²) in [6.45, 7) is 5.73. The Morgan fingerprint density at radius 3 is 2.95 bits per heavy atom. The highest BCUT2D eigenvalue weighted by atomic mass is 32.2. The number of pyridine rings is 1. The molecule has 1 aromatic heterocycles. The summed E-state index contributed by atoms with van der Waals surface area (Å²) in [5, 5.41) is 0.644. The zero-order valence-corrected chi connectivity index (χ0v) is 12.7. The van der Waals surface area contributed by atoms with Crippen LogP contribution in [-0.4, -0.2) is 46.0 Å². The summed E-state index contributed by atoms with van der Waals surface area (Å²) in [4.78, 5) is 18.7. The first-order valence-corrected chi connectivity index (χ1v) is 8.20. The lowest BCUT2D eigenvalue weighted by atomic mass is 10.2. The van der Waals surface area contributed by atoms with Gasteiger partial charge in [0.15, 0.2) is 0 Å². The lowest BCUT2D eigenvalue weighted by Crippen LogP contribution is -2.39. The summed E-state index contributed by atoms with van der Waals surface area (Å²) in [6, 6.07) is 4.04. The van der Waals surface area contributed by atoms with Crippen LogP contribution in [0.2, 0.25) is 0 Å². The molecule has 2 aliphatic rings. The third-order valence-electron chi connectivity index (χ3n) is 3.71. The van der Waals surface area contributed by atoms with E-state index < -0.39 is 0 Å². The highest BCUT2D eigenvalue weighted by Crippen LogP contribution is 2.38. The number of ether oxygens (including phenoxy) is 1. The first-order valence-electron chi connectivity index (χ1n) is 7.15. The Morgan fingerprint density at radius 1 is 1.55 bits per heavy atom. The van der Waals surface area contributed by atoms with Gasteiger partial charge in [-0.25, -0.2) is 4.98 Å². The summed E-state index contributed by atoms with van der Waals surface area (Å²) in [5.74, 6) is 2.25. The lowest BCUT2D eigenvalue weighted by molar-refractivity contribution is 0.0747. The summed E-state index contributed by atoms with van der Waals surface area (Å²) in [6.07, 6.45) is 2.79. The van der Waals surface area contributed by atoms with Gasteiger partial charge in [-0.1, -0.05) is 13.8 Å². The van der Waals surface area contributed by atoms with Crippen molar-refractivity contribution in [2.75, 3.05) is 18.9 Å². The SMILES string of the molecule is CC(C)COc1ccc(C(=O)N2CC3CC2CS3)cn1. The van der Waals surface area contributed by atoms with E-state index in [1.54, 1.807) is 12.3 Å². The van der Waals surface area contributed by atoms with Crippen LogP contribution in [0.25, 0.3) is 0 Å². The minimum absolute atomic E-state index is 0.112. The second-order valence-corrected chi connectivity index (χ2v) is 7.23. The van der Waals surface area contributed by atoms with Crippen molar-refractivity contribution in [1.29, 1.82) is 0 Å². The fourth-order valence-electron chi connectivity index (χ4n) is 2.66. The first-order chi connectivity index (χ1) is 9.63. The predicted molar refractivity (Wildman–Crippen MR) is 80.3 cm³/mol. The fourth-order valence-corrected chi connectivity index (χ4v) is 4.09. The number of fused-ring (bicyclic) bond motifs is 2. The van der Waals surface area contributed by atoms with Crippen molar-refractivity contribution in [1.82, 2.24) is 9.88 Å². The Morgan fingerprint density at radius 2 is 2.40 bits per heavy atom. The van der Waals surface area contributed by atoms with E-state index in [4.69, 9.17) is 4.74 Å². The number of nitrogens with zero attached hydrogens (tertiary/aromatic N) is 2. The second kappa shape index (κ2) is 5.64. The third-order valence-corrected chi connectivity index (χ3v) is 5.10. The van der Waals surface area contributed by atoms with E-state index in [1.807, 2.05) is 22.7 Å². The summed E-state index contributed by atoms with van der Waals surface area (Å²) >= 11 is 1.99. The molecule has 2 saturated heterocycles. The van der Waals surface area contributed by atoms with Gasteiger partial charge in [-0.3, -0.25) is 4.79 Å². The van der Waals surface area contributed by atoms with Crippen LogP contribution in [0.4, 0.5) is 0 Å². The van der Waals surface area contributed by atoms with Crippen molar-refractivity contribution in [3.8, 4) is 5.88 Å². The first kappa shape index (κ1) is 13.7. The van der Waals surface area contributed by atoms with Gasteiger partial charge in [0, 0.05) is 35.9 Å². The van der Waals surface area contributed by atoms with Crippen molar-refractivity contribution < 1.29 is 9.53 Å². The molecule has 108 valence electrons. The number of amides is 1. The molecular weight excluding hydrogens is 272 g/mol. The van der Waals surface area contributed by atoms with Crippen LogP contribution in [0.1, 0.15) is 30.6 Å². The van der Waals surface area contributed by atoms with E-state index in [2.05, 4.69) is 18.8 Å². The van der Waals surface area contributed by atoms with Crippen LogP contribution in [0.3, 0.4) is 0 Å². The molecule has 1 amide bonds. The maximum atomic E-state index is 12.5. The van der Waals surface area contributed by atoms with Gasteiger partial charge in [-0.15, -0.1) is 0 Å². The molecule has 0 radical (unpaired) electrons. The molecule has 2 unspecified atom stereocenters. The van der Waals surface area contributed by atoms with Gasteiger partial charge < -0.3 is 9.64 Å². The largest absolute Gasteiger partial charge is 0.477 e. The Bertz CT molecular complexity index is 489. The molecule has 2 fully saturated rings. The molecule has 0 aromatic carbocycles. The monoisotopic (exact) mass is 292 g/mol. The fraction of sp³-hybridized carbons (Fsp3) is 0.600. The molecular formula is C15H20N2O2S. The Kier molecular flexibility index (Phi) is 3.87. The molecule has 2 atom stereocenters. The molecule has 0 saturated carbocycles. The number of carbonyl (C=O) groups excluding carboxylic acids is 1. The van der Waals surface area contributed by atoms with E-state index in [0.717, 1.165) is 18.7 Å². The van der Waals surface area contributed by atoms with Gasteiger partial charge in [-0.05, 0) is 18.4 Å². The van der Waals surface area contributed by atoms with Crippen LogP contribution >= 0.6 is 11.8 Å². The number of hydrogen-bond acceptors (Lipinski definition) is 4. The summed E-state index contributed by atoms with van der Waals surface area (Å²) in [5.41, 5.74) is 0.666. The van der Waals surface area contributed by atoms with Crippen molar-refractivity contribution in [3.05, 3.63) is 23.9 Å². The van der Waals surface area contributed by atoms with Gasteiger partial charge in [0.25, 0.3) is 5.91 Å². The molecule has 2 bridgehead atoms. The molecule has 4 nitrogen and oxygen atoms in total. The van der Waals surface area contributed by atoms with E-state index in [0.29, 0.717) is 35.3 Å². The van der Waals surface area contributed by atoms with Crippen LogP contribution < -0.4 is 4.74 Å². The normalized spacial score (nSPS) is 24.4. The number of carbonyl (C=O) groups is 1. The zero-order valence-electron chi connectivity index (χ0n) is 11.9. The van der Waals surface area contributed by atoms with E-state index in [9.17, 15) is 4.79 Å². The molecule has 3 heterocycles. The van der Waals surface area contributed by atoms with Crippen LogP contribution in [0.15, 0.2) is 18.3 Å². The minimum Gasteiger partial charge on any atom is -0.477 e. The maximum absolute atomic E-state index is 12.5. The molecule has 20 heavy (non-hydrogen) atoms. The van der Waals surface area contributed by atoms with Crippen molar-refractivity contribution in [2.24, 2.45) is 5.92 Å². The molecule has 3 rings (SSSR count). The Labute approximate surface area is 123 Å². The number of rotatable bonds is 4. The molecule has 1 aromatic rings. The molecule has 0 spiro atoms. The Balaban J connectivity index is 1.64. The minimum atomic E-state index is 0.112. The lowest BCUT2D eigenvalue weighted by Gasteiger charge is -2.26. The maximum Gasteiger partial charge on any atom is 0.255 e. The molecule has 0 aliphatic carbocycles. The number of aromatic nitrogens is 1. The third kappa shape index (κ3) is 2.77. The van der Waals surface area contributed by atoms with E-state index in [-0.39, 0.29) is 5.91 Å². The van der Waals surface area contributed by atoms with Crippen molar-refractivity contribution in [3.63, 3.8) is 0 Å². The number of thioether (sulfide) groups is 1.